The zero-order chi connectivity index (χ0) is 19.0. The summed E-state index contributed by atoms with van der Waals surface area (Å²) in [5, 5.41) is 0. The topological polar surface area (TPSA) is 35.0 Å². The number of hydrogen-bond acceptors (Lipinski definition) is 3. The van der Waals surface area contributed by atoms with E-state index in [4.69, 9.17) is 4.74 Å². The van der Waals surface area contributed by atoms with Crippen molar-refractivity contribution in [2.24, 2.45) is 11.8 Å². The molecule has 0 bridgehead atoms. The summed E-state index contributed by atoms with van der Waals surface area (Å²) in [7, 11) is 1.69. The summed E-state index contributed by atoms with van der Waals surface area (Å²) in [5.74, 6) is 3.15. The van der Waals surface area contributed by atoms with Gasteiger partial charge in [0.25, 0.3) is 0 Å². The molecule has 25 heavy (non-hydrogen) atoms. The normalized spacial score (nSPS) is 13.2. The predicted molar refractivity (Wildman–Crippen MR) is 106 cm³/mol. The van der Waals surface area contributed by atoms with Crippen LogP contribution in [0.5, 0.6) is 5.75 Å². The van der Waals surface area contributed by atoms with Gasteiger partial charge in [-0.15, -0.1) is 0 Å². The van der Waals surface area contributed by atoms with E-state index in [1.165, 1.54) is 11.3 Å². The first-order chi connectivity index (χ1) is 11.8. The molecule has 2 rings (SSSR count). The average Bonchev–Trinajstić information content (AvgIpc) is 2.61. The molecular formula is C22H34N2O. The second-order valence-corrected chi connectivity index (χ2v) is 7.36. The smallest absolute Gasteiger partial charge is 0.140 e. The molecule has 0 N–H and O–H groups in total. The van der Waals surface area contributed by atoms with Gasteiger partial charge in [-0.05, 0) is 42.5 Å². The van der Waals surface area contributed by atoms with Gasteiger partial charge in [0.2, 0.25) is 0 Å². The second-order valence-electron chi connectivity index (χ2n) is 7.36. The summed E-state index contributed by atoms with van der Waals surface area (Å²) in [6.45, 7) is 15.4. The summed E-state index contributed by atoms with van der Waals surface area (Å²) < 4.78 is 5.25. The van der Waals surface area contributed by atoms with Crippen LogP contribution in [-0.4, -0.2) is 17.1 Å². The maximum Gasteiger partial charge on any atom is 0.140 e. The van der Waals surface area contributed by atoms with Crippen molar-refractivity contribution in [2.75, 3.05) is 7.11 Å². The lowest BCUT2D eigenvalue weighted by Gasteiger charge is -2.17. The van der Waals surface area contributed by atoms with E-state index in [1.807, 2.05) is 30.6 Å². The van der Waals surface area contributed by atoms with E-state index >= 15 is 0 Å². The monoisotopic (exact) mass is 342 g/mol. The minimum Gasteiger partial charge on any atom is -0.495 e. The molecule has 2 unspecified atom stereocenters. The first kappa shape index (κ1) is 21.1. The van der Waals surface area contributed by atoms with Crippen LogP contribution in [0.3, 0.4) is 0 Å². The van der Waals surface area contributed by atoms with Gasteiger partial charge in [0.05, 0.1) is 12.8 Å². The Morgan fingerprint density at radius 1 is 0.760 bits per heavy atom. The molecule has 2 heterocycles. The lowest BCUT2D eigenvalue weighted by atomic mass is 9.92. The Labute approximate surface area is 153 Å². The zero-order valence-corrected chi connectivity index (χ0v) is 17.1. The van der Waals surface area contributed by atoms with Crippen LogP contribution in [0.1, 0.15) is 70.3 Å². The fourth-order valence-electron chi connectivity index (χ4n) is 2.52. The van der Waals surface area contributed by atoms with E-state index in [-0.39, 0.29) is 0 Å². The van der Waals surface area contributed by atoms with Crippen molar-refractivity contribution < 1.29 is 4.74 Å². The Bertz CT molecular complexity index is 637. The third-order valence-corrected chi connectivity index (χ3v) is 4.93. The molecule has 2 aromatic rings. The number of pyridine rings is 2. The van der Waals surface area contributed by atoms with Crippen LogP contribution in [0, 0.1) is 18.8 Å². The van der Waals surface area contributed by atoms with Gasteiger partial charge < -0.3 is 4.74 Å². The quantitative estimate of drug-likeness (QED) is 0.668. The van der Waals surface area contributed by atoms with Crippen LogP contribution in [0.4, 0.5) is 0 Å². The number of aryl methyl sites for hydroxylation is 1. The van der Waals surface area contributed by atoms with Gasteiger partial charge in [-0.1, -0.05) is 47.6 Å². The van der Waals surface area contributed by atoms with Crippen LogP contribution in [0.25, 0.3) is 0 Å². The maximum atomic E-state index is 5.25. The van der Waals surface area contributed by atoms with Crippen molar-refractivity contribution in [2.45, 2.75) is 60.3 Å². The number of aromatic nitrogens is 2. The fourth-order valence-corrected chi connectivity index (χ4v) is 2.52. The Hall–Kier alpha value is -1.90. The minimum atomic E-state index is 0.441. The molecule has 0 radical (unpaired) electrons. The van der Waals surface area contributed by atoms with Crippen LogP contribution < -0.4 is 4.74 Å². The van der Waals surface area contributed by atoms with E-state index in [9.17, 15) is 0 Å². The summed E-state index contributed by atoms with van der Waals surface area (Å²) in [6.07, 6.45) is 3.69. The summed E-state index contributed by atoms with van der Waals surface area (Å²) in [6, 6.07) is 7.98. The molecule has 0 saturated heterocycles. The third kappa shape index (κ3) is 6.15. The lowest BCUT2D eigenvalue weighted by Crippen LogP contribution is -2.06. The highest BCUT2D eigenvalue weighted by Gasteiger charge is 2.15. The largest absolute Gasteiger partial charge is 0.495 e. The Morgan fingerprint density at radius 2 is 1.24 bits per heavy atom. The molecule has 0 aliphatic heterocycles. The van der Waals surface area contributed by atoms with Gasteiger partial charge in [-0.25, -0.2) is 0 Å². The maximum absolute atomic E-state index is 5.25. The van der Waals surface area contributed by atoms with Gasteiger partial charge >= 0.3 is 0 Å². The first-order valence-electron chi connectivity index (χ1n) is 9.19. The first-order valence-corrected chi connectivity index (χ1v) is 9.19. The molecule has 0 spiro atoms. The van der Waals surface area contributed by atoms with Crippen LogP contribution >= 0.6 is 0 Å². The van der Waals surface area contributed by atoms with Crippen molar-refractivity contribution in [3.63, 3.8) is 0 Å². The van der Waals surface area contributed by atoms with Crippen LogP contribution in [-0.2, 0) is 0 Å². The van der Waals surface area contributed by atoms with E-state index in [0.717, 1.165) is 11.4 Å². The van der Waals surface area contributed by atoms with Gasteiger partial charge in [-0.3, -0.25) is 9.97 Å². The Balaban J connectivity index is 0.000000251. The lowest BCUT2D eigenvalue weighted by molar-refractivity contribution is 0.394. The molecule has 2 aromatic heterocycles. The van der Waals surface area contributed by atoms with Gasteiger partial charge in [-0.2, -0.15) is 0 Å². The zero-order valence-electron chi connectivity index (χ0n) is 17.1. The van der Waals surface area contributed by atoms with Gasteiger partial charge in [0, 0.05) is 29.9 Å². The number of nitrogens with zero attached hydrogens (tertiary/aromatic N) is 2. The second kappa shape index (κ2) is 10.2. The SMILES string of the molecule is COc1cccnc1C(C)C(C)C.Cc1cccnc1C(C)C(C)C. The predicted octanol–water partition coefficient (Wildman–Crippen LogP) is 6.00. The fraction of sp³-hybridized carbons (Fsp3) is 0.545. The van der Waals surface area contributed by atoms with Crippen molar-refractivity contribution in [3.8, 4) is 5.75 Å². The molecule has 0 aliphatic rings. The van der Waals surface area contributed by atoms with Crippen molar-refractivity contribution in [1.29, 1.82) is 0 Å². The number of methoxy groups -OCH3 is 1. The molecule has 0 fully saturated rings. The molecule has 2 atom stereocenters. The van der Waals surface area contributed by atoms with Crippen LogP contribution in [0.2, 0.25) is 0 Å². The number of hydrogen-bond donors (Lipinski definition) is 0. The molecule has 0 aliphatic carbocycles. The highest BCUT2D eigenvalue weighted by atomic mass is 16.5. The molecule has 138 valence electrons. The molecule has 0 aromatic carbocycles. The van der Waals surface area contributed by atoms with Gasteiger partial charge in [0.15, 0.2) is 0 Å². The molecule has 3 heteroatoms. The number of ether oxygens (including phenoxy) is 1. The van der Waals surface area contributed by atoms with Crippen LogP contribution in [0.15, 0.2) is 36.7 Å². The minimum absolute atomic E-state index is 0.441. The standard InChI is InChI=1S/C11H17NO.C11H17N/c1-8(2)9(3)11-10(13-4)6-5-7-12-11;1-8(2)10(4)11-9(3)6-5-7-12-11/h5-9H,1-4H3;5-8,10H,1-4H3. The highest BCUT2D eigenvalue weighted by Crippen LogP contribution is 2.28. The van der Waals surface area contributed by atoms with Gasteiger partial charge in [0.1, 0.15) is 5.75 Å². The average molecular weight is 343 g/mol. The molecule has 0 saturated carbocycles. The van der Waals surface area contributed by atoms with E-state index < -0.39 is 0 Å². The Kier molecular flexibility index (Phi) is 8.60. The third-order valence-electron chi connectivity index (χ3n) is 4.93. The van der Waals surface area contributed by atoms with Crippen molar-refractivity contribution >= 4 is 0 Å². The summed E-state index contributed by atoms with van der Waals surface area (Å²) >= 11 is 0. The van der Waals surface area contributed by atoms with Crippen molar-refractivity contribution in [3.05, 3.63) is 53.6 Å². The Morgan fingerprint density at radius 3 is 1.72 bits per heavy atom. The summed E-state index contributed by atoms with van der Waals surface area (Å²) in [4.78, 5) is 8.75. The summed E-state index contributed by atoms with van der Waals surface area (Å²) in [5.41, 5.74) is 3.60. The molecular weight excluding hydrogens is 308 g/mol. The molecule has 0 amide bonds. The van der Waals surface area contributed by atoms with E-state index in [0.29, 0.717) is 23.7 Å². The molecule has 3 nitrogen and oxygen atoms in total. The van der Waals surface area contributed by atoms with E-state index in [2.05, 4.69) is 64.5 Å². The number of rotatable bonds is 5. The van der Waals surface area contributed by atoms with Crippen molar-refractivity contribution in [1.82, 2.24) is 9.97 Å². The van der Waals surface area contributed by atoms with E-state index in [1.54, 1.807) is 7.11 Å². The highest BCUT2D eigenvalue weighted by molar-refractivity contribution is 5.29.